The molecular formula is C22H24N2O2. The van der Waals surface area contributed by atoms with Gasteiger partial charge in [-0.1, -0.05) is 36.4 Å². The molecule has 0 fully saturated rings. The van der Waals surface area contributed by atoms with E-state index in [1.165, 1.54) is 5.56 Å². The molecule has 4 heteroatoms. The van der Waals surface area contributed by atoms with Crippen LogP contribution in [0.2, 0.25) is 0 Å². The van der Waals surface area contributed by atoms with E-state index in [2.05, 4.69) is 28.9 Å². The van der Waals surface area contributed by atoms with Gasteiger partial charge in [0, 0.05) is 12.0 Å². The number of phenols is 1. The maximum Gasteiger partial charge on any atom is 0.253 e. The number of amides is 1. The molecule has 2 aliphatic rings. The van der Waals surface area contributed by atoms with Gasteiger partial charge in [0.05, 0.1) is 17.3 Å². The molecule has 26 heavy (non-hydrogen) atoms. The van der Waals surface area contributed by atoms with Crippen molar-refractivity contribution in [3.63, 3.8) is 0 Å². The summed E-state index contributed by atoms with van der Waals surface area (Å²) in [6.45, 7) is 3.94. The predicted molar refractivity (Wildman–Crippen MR) is 104 cm³/mol. The molecule has 0 spiro atoms. The highest BCUT2D eigenvalue weighted by molar-refractivity contribution is 6.01. The standard InChI is InChI=1S/C22H24N2O2/c1-13(2)23-22(26)19-8-4-7-18-16-5-3-6-17(16)20(24-21(18)19)14-9-11-15(25)12-10-14/h3-5,7-13,16-17,20,24-25H,6H2,1-2H3,(H,23,26). The normalized spacial score (nSPS) is 23.3. The number of fused-ring (bicyclic) bond motifs is 3. The van der Waals surface area contributed by atoms with Gasteiger partial charge in [0.1, 0.15) is 5.75 Å². The Balaban J connectivity index is 1.77. The SMILES string of the molecule is CC(C)NC(=O)c1cccc2c1NC(c1ccc(O)cc1)C1CC=CC21. The van der Waals surface area contributed by atoms with E-state index in [0.717, 1.165) is 17.7 Å². The number of aromatic hydroxyl groups is 1. The Hall–Kier alpha value is -2.75. The van der Waals surface area contributed by atoms with Crippen molar-refractivity contribution in [1.82, 2.24) is 5.32 Å². The van der Waals surface area contributed by atoms with E-state index in [0.29, 0.717) is 17.4 Å². The summed E-state index contributed by atoms with van der Waals surface area (Å²) in [5.74, 6) is 0.935. The Bertz CT molecular complexity index is 855. The van der Waals surface area contributed by atoms with Crippen LogP contribution in [-0.2, 0) is 0 Å². The lowest BCUT2D eigenvalue weighted by atomic mass is 9.76. The van der Waals surface area contributed by atoms with Crippen LogP contribution < -0.4 is 10.6 Å². The van der Waals surface area contributed by atoms with Gasteiger partial charge in [0.15, 0.2) is 0 Å². The molecule has 1 heterocycles. The van der Waals surface area contributed by atoms with E-state index in [1.807, 2.05) is 38.1 Å². The molecule has 3 unspecified atom stereocenters. The topological polar surface area (TPSA) is 61.4 Å². The van der Waals surface area contributed by atoms with Gasteiger partial charge in [0.25, 0.3) is 5.91 Å². The second-order valence-electron chi connectivity index (χ2n) is 7.46. The van der Waals surface area contributed by atoms with Crippen molar-refractivity contribution < 1.29 is 9.90 Å². The Kier molecular flexibility index (Phi) is 4.19. The van der Waals surface area contributed by atoms with Crippen molar-refractivity contribution in [2.75, 3.05) is 5.32 Å². The van der Waals surface area contributed by atoms with Crippen LogP contribution in [0.4, 0.5) is 5.69 Å². The van der Waals surface area contributed by atoms with E-state index >= 15 is 0 Å². The van der Waals surface area contributed by atoms with Gasteiger partial charge in [-0.3, -0.25) is 4.79 Å². The van der Waals surface area contributed by atoms with E-state index < -0.39 is 0 Å². The molecule has 1 aliphatic carbocycles. The van der Waals surface area contributed by atoms with E-state index in [9.17, 15) is 9.90 Å². The zero-order valence-electron chi connectivity index (χ0n) is 15.1. The van der Waals surface area contributed by atoms with Crippen LogP contribution in [0.15, 0.2) is 54.6 Å². The molecule has 0 radical (unpaired) electrons. The number of nitrogens with one attached hydrogen (secondary N) is 2. The number of allylic oxidation sites excluding steroid dienone is 2. The van der Waals surface area contributed by atoms with Crippen LogP contribution in [0.5, 0.6) is 5.75 Å². The summed E-state index contributed by atoms with van der Waals surface area (Å²) in [6.07, 6.45) is 5.51. The number of rotatable bonds is 3. The fourth-order valence-electron chi connectivity index (χ4n) is 4.16. The van der Waals surface area contributed by atoms with Gasteiger partial charge in [-0.15, -0.1) is 0 Å². The average molecular weight is 348 g/mol. The molecule has 4 nitrogen and oxygen atoms in total. The van der Waals surface area contributed by atoms with Crippen molar-refractivity contribution in [2.24, 2.45) is 5.92 Å². The molecule has 1 aliphatic heterocycles. The third-order valence-corrected chi connectivity index (χ3v) is 5.31. The number of para-hydroxylation sites is 1. The molecule has 0 aromatic heterocycles. The highest BCUT2D eigenvalue weighted by Gasteiger charge is 2.39. The predicted octanol–water partition coefficient (Wildman–Crippen LogP) is 4.36. The first-order valence-corrected chi connectivity index (χ1v) is 9.20. The first-order valence-electron chi connectivity index (χ1n) is 9.20. The van der Waals surface area contributed by atoms with Crippen molar-refractivity contribution in [2.45, 2.75) is 38.3 Å². The number of carbonyl (C=O) groups is 1. The average Bonchev–Trinajstić information content (AvgIpc) is 3.10. The molecule has 2 aromatic rings. The third kappa shape index (κ3) is 2.85. The Morgan fingerprint density at radius 1 is 1.19 bits per heavy atom. The summed E-state index contributed by atoms with van der Waals surface area (Å²) in [5, 5.41) is 16.3. The second kappa shape index (κ2) is 6.52. The fraction of sp³-hybridized carbons (Fsp3) is 0.318. The first-order chi connectivity index (χ1) is 12.5. The lowest BCUT2D eigenvalue weighted by Crippen LogP contribution is -2.34. The number of phenolic OH excluding ortho intramolecular Hbond substituents is 1. The summed E-state index contributed by atoms with van der Waals surface area (Å²) >= 11 is 0. The van der Waals surface area contributed by atoms with Gasteiger partial charge in [-0.25, -0.2) is 0 Å². The summed E-state index contributed by atoms with van der Waals surface area (Å²) in [5.41, 5.74) is 3.94. The molecule has 134 valence electrons. The van der Waals surface area contributed by atoms with Crippen molar-refractivity contribution >= 4 is 11.6 Å². The van der Waals surface area contributed by atoms with Crippen molar-refractivity contribution in [3.05, 3.63) is 71.3 Å². The van der Waals surface area contributed by atoms with E-state index in [1.54, 1.807) is 12.1 Å². The summed E-state index contributed by atoms with van der Waals surface area (Å²) < 4.78 is 0. The molecule has 4 rings (SSSR count). The molecule has 0 bridgehead atoms. The van der Waals surface area contributed by atoms with Gasteiger partial charge < -0.3 is 15.7 Å². The van der Waals surface area contributed by atoms with Crippen LogP contribution in [0.1, 0.15) is 53.7 Å². The summed E-state index contributed by atoms with van der Waals surface area (Å²) in [4.78, 5) is 12.7. The van der Waals surface area contributed by atoms with Crippen LogP contribution in [0.3, 0.4) is 0 Å². The molecule has 1 amide bonds. The van der Waals surface area contributed by atoms with Gasteiger partial charge in [-0.05, 0) is 55.5 Å². The monoisotopic (exact) mass is 348 g/mol. The van der Waals surface area contributed by atoms with Crippen LogP contribution in [0, 0.1) is 5.92 Å². The number of benzene rings is 2. The second-order valence-corrected chi connectivity index (χ2v) is 7.46. The quantitative estimate of drug-likeness (QED) is 0.723. The van der Waals surface area contributed by atoms with E-state index in [4.69, 9.17) is 0 Å². The lowest BCUT2D eigenvalue weighted by molar-refractivity contribution is 0.0943. The zero-order chi connectivity index (χ0) is 18.3. The zero-order valence-corrected chi connectivity index (χ0v) is 15.1. The molecule has 3 atom stereocenters. The maximum atomic E-state index is 12.7. The summed E-state index contributed by atoms with van der Waals surface area (Å²) in [6, 6.07) is 13.5. The molecule has 3 N–H and O–H groups in total. The van der Waals surface area contributed by atoms with Gasteiger partial charge in [0.2, 0.25) is 0 Å². The molecular weight excluding hydrogens is 324 g/mol. The number of hydrogen-bond donors (Lipinski definition) is 3. The largest absolute Gasteiger partial charge is 0.508 e. The number of anilines is 1. The maximum absolute atomic E-state index is 12.7. The van der Waals surface area contributed by atoms with Crippen LogP contribution in [-0.4, -0.2) is 17.1 Å². The van der Waals surface area contributed by atoms with Gasteiger partial charge >= 0.3 is 0 Å². The highest BCUT2D eigenvalue weighted by Crippen LogP contribution is 2.50. The Labute approximate surface area is 153 Å². The molecule has 2 aromatic carbocycles. The fourth-order valence-corrected chi connectivity index (χ4v) is 4.16. The van der Waals surface area contributed by atoms with Crippen LogP contribution >= 0.6 is 0 Å². The Morgan fingerprint density at radius 3 is 2.69 bits per heavy atom. The Morgan fingerprint density at radius 2 is 1.96 bits per heavy atom. The summed E-state index contributed by atoms with van der Waals surface area (Å²) in [7, 11) is 0. The van der Waals surface area contributed by atoms with Crippen molar-refractivity contribution in [1.29, 1.82) is 0 Å². The number of carbonyl (C=O) groups excluding carboxylic acids is 1. The van der Waals surface area contributed by atoms with Gasteiger partial charge in [-0.2, -0.15) is 0 Å². The van der Waals surface area contributed by atoms with E-state index in [-0.39, 0.29) is 23.7 Å². The first kappa shape index (κ1) is 16.7. The minimum atomic E-state index is -0.0470. The minimum Gasteiger partial charge on any atom is -0.508 e. The lowest BCUT2D eigenvalue weighted by Gasteiger charge is -2.38. The minimum absolute atomic E-state index is 0.0470. The molecule has 0 saturated heterocycles. The van der Waals surface area contributed by atoms with Crippen molar-refractivity contribution in [3.8, 4) is 5.75 Å². The number of hydrogen-bond acceptors (Lipinski definition) is 3. The van der Waals surface area contributed by atoms with Crippen LogP contribution in [0.25, 0.3) is 0 Å². The third-order valence-electron chi connectivity index (χ3n) is 5.31. The smallest absolute Gasteiger partial charge is 0.253 e. The molecule has 0 saturated carbocycles. The highest BCUT2D eigenvalue weighted by atomic mass is 16.3.